The molecule has 1 aromatic heterocycles. The fourth-order valence-electron chi connectivity index (χ4n) is 2.24. The molecule has 1 aliphatic rings. The first kappa shape index (κ1) is 13.7. The van der Waals surface area contributed by atoms with Gasteiger partial charge in [0.25, 0.3) is 0 Å². The summed E-state index contributed by atoms with van der Waals surface area (Å²) in [5.74, 6) is 0.586. The average Bonchev–Trinajstić information content (AvgIpc) is 3.31. The number of nitrogens with zero attached hydrogens (tertiary/aromatic N) is 2. The number of nitriles is 1. The van der Waals surface area contributed by atoms with Gasteiger partial charge in [0.05, 0.1) is 5.56 Å². The van der Waals surface area contributed by atoms with E-state index in [1.165, 1.54) is 12.8 Å². The Hall–Kier alpha value is -1.31. The van der Waals surface area contributed by atoms with Gasteiger partial charge in [-0.15, -0.1) is 11.8 Å². The second kappa shape index (κ2) is 5.59. The van der Waals surface area contributed by atoms with E-state index in [2.05, 4.69) is 33.0 Å². The molecule has 0 amide bonds. The van der Waals surface area contributed by atoms with E-state index in [1.807, 2.05) is 30.5 Å². The molecule has 0 atom stereocenters. The Morgan fingerprint density at radius 1 is 1.30 bits per heavy atom. The van der Waals surface area contributed by atoms with Crippen molar-refractivity contribution in [3.8, 4) is 17.2 Å². The molecular formula is C16H13BrN2S. The van der Waals surface area contributed by atoms with Crippen LogP contribution in [0.1, 0.15) is 30.0 Å². The molecule has 2 nitrogen and oxygen atoms in total. The lowest BCUT2D eigenvalue weighted by Crippen LogP contribution is -1.96. The Balaban J connectivity index is 2.18. The fraction of sp³-hybridized carbons (Fsp3) is 0.250. The summed E-state index contributed by atoms with van der Waals surface area (Å²) in [6.07, 6.45) is 4.41. The first-order chi connectivity index (χ1) is 9.72. The maximum absolute atomic E-state index is 9.48. The molecule has 2 aromatic rings. The van der Waals surface area contributed by atoms with Gasteiger partial charge in [-0.25, -0.2) is 4.98 Å². The highest BCUT2D eigenvalue weighted by molar-refractivity contribution is 9.10. The standard InChI is InChI=1S/C16H13BrN2S/c1-20-16-14(9-18)13(8-15(19-16)11-2-3-11)10-4-6-12(17)7-5-10/h4-8,11H,2-3H2,1H3. The highest BCUT2D eigenvalue weighted by Crippen LogP contribution is 2.42. The molecule has 0 aliphatic heterocycles. The third-order valence-corrected chi connectivity index (χ3v) is 4.67. The quantitative estimate of drug-likeness (QED) is 0.736. The van der Waals surface area contributed by atoms with Crippen molar-refractivity contribution in [3.05, 3.63) is 46.1 Å². The van der Waals surface area contributed by atoms with Gasteiger partial charge >= 0.3 is 0 Å². The Bertz CT molecular complexity index is 685. The smallest absolute Gasteiger partial charge is 0.114 e. The van der Waals surface area contributed by atoms with Crippen LogP contribution in [0, 0.1) is 11.3 Å². The number of pyridine rings is 1. The molecule has 1 aliphatic carbocycles. The number of aromatic nitrogens is 1. The Kier molecular flexibility index (Phi) is 3.82. The van der Waals surface area contributed by atoms with Crippen molar-refractivity contribution in [1.29, 1.82) is 5.26 Å². The van der Waals surface area contributed by atoms with Crippen molar-refractivity contribution in [1.82, 2.24) is 4.98 Å². The third-order valence-electron chi connectivity index (χ3n) is 3.46. The predicted octanol–water partition coefficient (Wildman–Crippen LogP) is 4.98. The van der Waals surface area contributed by atoms with Crippen LogP contribution in [0.2, 0.25) is 0 Å². The average molecular weight is 345 g/mol. The predicted molar refractivity (Wildman–Crippen MR) is 85.8 cm³/mol. The molecule has 3 rings (SSSR count). The van der Waals surface area contributed by atoms with Crippen molar-refractivity contribution in [2.45, 2.75) is 23.8 Å². The molecule has 0 bridgehead atoms. The minimum absolute atomic E-state index is 0.586. The highest BCUT2D eigenvalue weighted by Gasteiger charge is 2.27. The van der Waals surface area contributed by atoms with Crippen LogP contribution in [0.5, 0.6) is 0 Å². The zero-order valence-electron chi connectivity index (χ0n) is 11.1. The van der Waals surface area contributed by atoms with Gasteiger partial charge < -0.3 is 0 Å². The van der Waals surface area contributed by atoms with Crippen LogP contribution in [0.3, 0.4) is 0 Å². The van der Waals surface area contributed by atoms with Gasteiger partial charge in [0.15, 0.2) is 0 Å². The summed E-state index contributed by atoms with van der Waals surface area (Å²) in [6.45, 7) is 0. The normalized spacial score (nSPS) is 14.1. The van der Waals surface area contributed by atoms with Gasteiger partial charge in [-0.05, 0) is 42.9 Å². The summed E-state index contributed by atoms with van der Waals surface area (Å²) in [5.41, 5.74) is 3.89. The van der Waals surface area contributed by atoms with Gasteiger partial charge in [-0.3, -0.25) is 0 Å². The summed E-state index contributed by atoms with van der Waals surface area (Å²) >= 11 is 5.00. The van der Waals surface area contributed by atoms with Gasteiger partial charge in [0.2, 0.25) is 0 Å². The van der Waals surface area contributed by atoms with Crippen LogP contribution in [0.25, 0.3) is 11.1 Å². The van der Waals surface area contributed by atoms with E-state index in [-0.39, 0.29) is 0 Å². The molecule has 0 unspecified atom stereocenters. The molecule has 4 heteroatoms. The molecule has 100 valence electrons. The maximum Gasteiger partial charge on any atom is 0.114 e. The van der Waals surface area contributed by atoms with Crippen molar-refractivity contribution in [2.75, 3.05) is 6.26 Å². The molecule has 1 aromatic carbocycles. The van der Waals surface area contributed by atoms with Crippen LogP contribution in [0.4, 0.5) is 0 Å². The molecule has 1 heterocycles. The molecule has 0 radical (unpaired) electrons. The lowest BCUT2D eigenvalue weighted by atomic mass is 10.0. The monoisotopic (exact) mass is 344 g/mol. The summed E-state index contributed by atoms with van der Waals surface area (Å²) in [4.78, 5) is 4.66. The Morgan fingerprint density at radius 3 is 2.55 bits per heavy atom. The summed E-state index contributed by atoms with van der Waals surface area (Å²) < 4.78 is 1.04. The maximum atomic E-state index is 9.48. The SMILES string of the molecule is CSc1nc(C2CC2)cc(-c2ccc(Br)cc2)c1C#N. The summed E-state index contributed by atoms with van der Waals surface area (Å²) in [6, 6.07) is 12.5. The zero-order chi connectivity index (χ0) is 14.1. The largest absolute Gasteiger partial charge is 0.245 e. The van der Waals surface area contributed by atoms with E-state index in [0.717, 1.165) is 26.3 Å². The van der Waals surface area contributed by atoms with E-state index in [4.69, 9.17) is 0 Å². The van der Waals surface area contributed by atoms with Crippen LogP contribution >= 0.6 is 27.7 Å². The van der Waals surface area contributed by atoms with Crippen LogP contribution in [-0.4, -0.2) is 11.2 Å². The van der Waals surface area contributed by atoms with E-state index < -0.39 is 0 Å². The summed E-state index contributed by atoms with van der Waals surface area (Å²) in [5, 5.41) is 10.3. The summed E-state index contributed by atoms with van der Waals surface area (Å²) in [7, 11) is 0. The van der Waals surface area contributed by atoms with Crippen LogP contribution in [0.15, 0.2) is 39.8 Å². The van der Waals surface area contributed by atoms with Crippen molar-refractivity contribution in [2.24, 2.45) is 0 Å². The van der Waals surface area contributed by atoms with Crippen molar-refractivity contribution >= 4 is 27.7 Å². The number of benzene rings is 1. The number of thioether (sulfide) groups is 1. The molecule has 20 heavy (non-hydrogen) atoms. The van der Waals surface area contributed by atoms with E-state index in [9.17, 15) is 5.26 Å². The molecule has 0 spiro atoms. The zero-order valence-corrected chi connectivity index (χ0v) is 13.5. The van der Waals surface area contributed by atoms with Gasteiger partial charge in [0.1, 0.15) is 11.1 Å². The lowest BCUT2D eigenvalue weighted by Gasteiger charge is -2.11. The highest BCUT2D eigenvalue weighted by atomic mass is 79.9. The second-order valence-electron chi connectivity index (χ2n) is 4.87. The lowest BCUT2D eigenvalue weighted by molar-refractivity contribution is 0.957. The van der Waals surface area contributed by atoms with Crippen LogP contribution in [-0.2, 0) is 0 Å². The topological polar surface area (TPSA) is 36.7 Å². The molecule has 0 saturated heterocycles. The first-order valence-corrected chi connectivity index (χ1v) is 8.49. The third kappa shape index (κ3) is 2.61. The Labute approximate surface area is 131 Å². The number of hydrogen-bond donors (Lipinski definition) is 0. The van der Waals surface area contributed by atoms with E-state index in [0.29, 0.717) is 11.5 Å². The second-order valence-corrected chi connectivity index (χ2v) is 6.58. The minimum atomic E-state index is 0.586. The van der Waals surface area contributed by atoms with E-state index >= 15 is 0 Å². The molecule has 1 fully saturated rings. The molecular weight excluding hydrogens is 332 g/mol. The fourth-order valence-corrected chi connectivity index (χ4v) is 3.06. The number of rotatable bonds is 3. The number of hydrogen-bond acceptors (Lipinski definition) is 3. The van der Waals surface area contributed by atoms with Gasteiger partial charge in [0, 0.05) is 21.6 Å². The Morgan fingerprint density at radius 2 is 2.00 bits per heavy atom. The molecule has 0 N–H and O–H groups in total. The minimum Gasteiger partial charge on any atom is -0.245 e. The van der Waals surface area contributed by atoms with E-state index in [1.54, 1.807) is 11.8 Å². The van der Waals surface area contributed by atoms with Crippen molar-refractivity contribution < 1.29 is 0 Å². The number of halogens is 1. The first-order valence-electron chi connectivity index (χ1n) is 6.48. The van der Waals surface area contributed by atoms with Crippen LogP contribution < -0.4 is 0 Å². The van der Waals surface area contributed by atoms with Crippen molar-refractivity contribution in [3.63, 3.8) is 0 Å². The van der Waals surface area contributed by atoms with Gasteiger partial charge in [-0.2, -0.15) is 5.26 Å². The van der Waals surface area contributed by atoms with Gasteiger partial charge in [-0.1, -0.05) is 28.1 Å². The molecule has 1 saturated carbocycles.